The molecule has 0 spiro atoms. The van der Waals surface area contributed by atoms with Crippen LogP contribution in [0, 0.1) is 0 Å². The Balaban J connectivity index is 0.972. The smallest absolute Gasteiger partial charge is 0.0915 e. The van der Waals surface area contributed by atoms with Crippen molar-refractivity contribution in [1.29, 1.82) is 0 Å². The van der Waals surface area contributed by atoms with E-state index in [0.717, 1.165) is 74.7 Å². The van der Waals surface area contributed by atoms with Gasteiger partial charge in [0, 0.05) is 11.3 Å². The number of benzene rings is 4. The van der Waals surface area contributed by atoms with Gasteiger partial charge in [0.15, 0.2) is 0 Å². The minimum atomic E-state index is -0.00527. The van der Waals surface area contributed by atoms with E-state index in [1.807, 2.05) is 0 Å². The van der Waals surface area contributed by atoms with Crippen LogP contribution in [-0.2, 0) is 0 Å². The fraction of sp³-hybridized carbons (Fsp3) is 0.200. The van der Waals surface area contributed by atoms with Crippen LogP contribution in [0.1, 0.15) is 109 Å². The molecule has 0 saturated carbocycles. The number of rotatable bonds is 8. The number of dihydropyridines is 1. The SMILES string of the molecule is IC1C(C2=CC(c3ccccc3)=CCC2)=CC(c2ccc(C3C=c4c(ccc5nc(C6=CCCC=C6)cc(C6=CCCC=C6)c45)=CC3)cc2)=N[C@@H]1c1cccc(C2=CCCC=C2)c1. The second-order valence-electron chi connectivity index (χ2n) is 17.6. The monoisotopic (exact) mass is 926 g/mol. The predicted octanol–water partition coefficient (Wildman–Crippen LogP) is 14.3. The van der Waals surface area contributed by atoms with E-state index in [2.05, 4.69) is 205 Å². The topological polar surface area (TPSA) is 25.2 Å². The average molecular weight is 927 g/mol. The lowest BCUT2D eigenvalue weighted by molar-refractivity contribution is 0.739. The molecule has 0 saturated heterocycles. The number of aliphatic imine (C=N–C) groups is 1. The van der Waals surface area contributed by atoms with Gasteiger partial charge in [0.05, 0.1) is 26.9 Å². The van der Waals surface area contributed by atoms with Crippen LogP contribution in [0.5, 0.6) is 0 Å². The molecule has 3 heteroatoms. The molecule has 308 valence electrons. The van der Waals surface area contributed by atoms with Crippen LogP contribution in [0.25, 0.3) is 45.3 Å². The Bertz CT molecular complexity index is 3090. The number of allylic oxidation sites excluding steroid dienone is 17. The van der Waals surface area contributed by atoms with Gasteiger partial charge >= 0.3 is 0 Å². The summed E-state index contributed by atoms with van der Waals surface area (Å²) >= 11 is 2.68. The molecular formula is C60H51IN2. The van der Waals surface area contributed by atoms with Crippen LogP contribution >= 0.6 is 22.6 Å². The van der Waals surface area contributed by atoms with Crippen molar-refractivity contribution in [1.82, 2.24) is 4.98 Å². The summed E-state index contributed by atoms with van der Waals surface area (Å²) in [6.45, 7) is 0. The van der Waals surface area contributed by atoms with Crippen molar-refractivity contribution in [2.75, 3.05) is 0 Å². The van der Waals surface area contributed by atoms with Crippen molar-refractivity contribution < 1.29 is 0 Å². The number of halogens is 1. The summed E-state index contributed by atoms with van der Waals surface area (Å²) in [5.41, 5.74) is 18.8. The van der Waals surface area contributed by atoms with E-state index in [1.54, 1.807) is 0 Å². The standard InChI is InChI=1S/C60H51IN2/c61-59-54(50-25-13-23-47(35-50)40-15-5-1-6-16-40)39-57(63-60(59)51-26-14-24-48(36-51)41-17-7-2-8-18-41)46-30-27-42(28-31-46)49-32-29-44-33-34-55-58(52(44)37-49)53(43-19-9-3-10-20-43)38-56(62-55)45-21-11-4-12-22-45/h1,5-7,9,11,14-24,26-31,33-39,49,59-60H,2-4,8,10,12-13,25,32H2/t49?,59?,60-/m1/s1. The van der Waals surface area contributed by atoms with Crippen molar-refractivity contribution in [3.8, 4) is 0 Å². The largest absolute Gasteiger partial charge is 0.275 e. The van der Waals surface area contributed by atoms with Gasteiger partial charge in [0.2, 0.25) is 0 Å². The van der Waals surface area contributed by atoms with E-state index >= 15 is 0 Å². The molecule has 2 nitrogen and oxygen atoms in total. The fourth-order valence-electron chi connectivity index (χ4n) is 10.2. The van der Waals surface area contributed by atoms with Crippen LogP contribution in [0.15, 0.2) is 186 Å². The average Bonchev–Trinajstić information content (AvgIpc) is 3.37. The third kappa shape index (κ3) is 8.13. The first-order valence-electron chi connectivity index (χ1n) is 23.0. The molecule has 2 heterocycles. The number of alkyl halides is 1. The van der Waals surface area contributed by atoms with Crippen molar-refractivity contribution in [2.45, 2.75) is 73.7 Å². The summed E-state index contributed by atoms with van der Waals surface area (Å²) in [7, 11) is 0. The molecule has 0 N–H and O–H groups in total. The molecule has 5 aliphatic carbocycles. The summed E-state index contributed by atoms with van der Waals surface area (Å²) in [5, 5.41) is 3.88. The summed E-state index contributed by atoms with van der Waals surface area (Å²) in [4.78, 5) is 10.9. The Morgan fingerprint density at radius 3 is 2.05 bits per heavy atom. The van der Waals surface area contributed by atoms with Gasteiger partial charge in [0.1, 0.15) is 0 Å². The highest BCUT2D eigenvalue weighted by Crippen LogP contribution is 2.43. The van der Waals surface area contributed by atoms with Crippen molar-refractivity contribution in [3.63, 3.8) is 0 Å². The van der Waals surface area contributed by atoms with Gasteiger partial charge in [0.25, 0.3) is 0 Å². The van der Waals surface area contributed by atoms with Crippen LogP contribution in [-0.4, -0.2) is 14.6 Å². The zero-order valence-electron chi connectivity index (χ0n) is 35.7. The summed E-state index contributed by atoms with van der Waals surface area (Å²) in [5.74, 6) is 0.261. The maximum Gasteiger partial charge on any atom is 0.0915 e. The molecule has 1 aromatic heterocycles. The highest BCUT2D eigenvalue weighted by Gasteiger charge is 2.31. The van der Waals surface area contributed by atoms with E-state index in [0.29, 0.717) is 0 Å². The summed E-state index contributed by atoms with van der Waals surface area (Å²) < 4.78 is 0.201. The molecule has 4 aromatic carbocycles. The van der Waals surface area contributed by atoms with E-state index in [4.69, 9.17) is 9.98 Å². The second kappa shape index (κ2) is 17.7. The molecule has 2 unspecified atom stereocenters. The fourth-order valence-corrected chi connectivity index (χ4v) is 11.3. The molecule has 11 rings (SSSR count). The van der Waals surface area contributed by atoms with E-state index in [1.165, 1.54) is 82.6 Å². The molecule has 0 amide bonds. The number of aromatic nitrogens is 1. The Kier molecular flexibility index (Phi) is 11.2. The maximum atomic E-state index is 5.63. The quantitative estimate of drug-likeness (QED) is 0.112. The lowest BCUT2D eigenvalue weighted by Gasteiger charge is -2.30. The third-order valence-corrected chi connectivity index (χ3v) is 14.9. The molecule has 0 fully saturated rings. The first-order chi connectivity index (χ1) is 31.1. The molecule has 63 heavy (non-hydrogen) atoms. The lowest BCUT2D eigenvalue weighted by Crippen LogP contribution is -2.30. The molecular weight excluding hydrogens is 876 g/mol. The van der Waals surface area contributed by atoms with Gasteiger partial charge in [-0.3, -0.25) is 4.99 Å². The Labute approximate surface area is 385 Å². The molecule has 3 atom stereocenters. The van der Waals surface area contributed by atoms with Gasteiger partial charge in [-0.15, -0.1) is 0 Å². The Morgan fingerprint density at radius 1 is 0.556 bits per heavy atom. The summed E-state index contributed by atoms with van der Waals surface area (Å²) in [6.07, 6.45) is 42.7. The number of hydrogen-bond donors (Lipinski definition) is 0. The van der Waals surface area contributed by atoms with Crippen molar-refractivity contribution in [2.24, 2.45) is 4.99 Å². The highest BCUT2D eigenvalue weighted by atomic mass is 127. The first kappa shape index (κ1) is 39.9. The van der Waals surface area contributed by atoms with E-state index in [-0.39, 0.29) is 15.9 Å². The van der Waals surface area contributed by atoms with Crippen LogP contribution in [0.4, 0.5) is 0 Å². The van der Waals surface area contributed by atoms with Crippen LogP contribution in [0.3, 0.4) is 0 Å². The third-order valence-electron chi connectivity index (χ3n) is 13.5. The van der Waals surface area contributed by atoms with Crippen LogP contribution < -0.4 is 10.4 Å². The van der Waals surface area contributed by atoms with Gasteiger partial charge in [-0.2, -0.15) is 0 Å². The molecule has 0 radical (unpaired) electrons. The zero-order chi connectivity index (χ0) is 42.1. The van der Waals surface area contributed by atoms with Gasteiger partial charge in [-0.05, 0) is 159 Å². The normalized spacial score (nSPS) is 21.7. The number of nitrogens with zero attached hydrogens (tertiary/aromatic N) is 2. The highest BCUT2D eigenvalue weighted by molar-refractivity contribution is 14.1. The maximum absolute atomic E-state index is 5.63. The molecule has 1 aliphatic heterocycles. The molecule has 5 aromatic rings. The number of fused-ring (bicyclic) bond motifs is 3. The lowest BCUT2D eigenvalue weighted by atomic mass is 9.83. The van der Waals surface area contributed by atoms with E-state index in [9.17, 15) is 0 Å². The first-order valence-corrected chi connectivity index (χ1v) is 24.2. The minimum absolute atomic E-state index is 0.00527. The van der Waals surface area contributed by atoms with Crippen LogP contribution in [0.2, 0.25) is 0 Å². The minimum Gasteiger partial charge on any atom is -0.275 e. The molecule has 6 aliphatic rings. The van der Waals surface area contributed by atoms with Gasteiger partial charge < -0.3 is 0 Å². The number of hydrogen-bond acceptors (Lipinski definition) is 2. The Morgan fingerprint density at radius 2 is 1.29 bits per heavy atom. The number of pyridine rings is 1. The molecule has 0 bridgehead atoms. The van der Waals surface area contributed by atoms with E-state index < -0.39 is 0 Å². The van der Waals surface area contributed by atoms with Crippen molar-refractivity contribution in [3.05, 3.63) is 231 Å². The van der Waals surface area contributed by atoms with Gasteiger partial charge in [-0.1, -0.05) is 180 Å². The Hall–Kier alpha value is -5.91. The second-order valence-corrected chi connectivity index (χ2v) is 18.9. The summed E-state index contributed by atoms with van der Waals surface area (Å²) in [6, 6.07) is 36.2. The van der Waals surface area contributed by atoms with Gasteiger partial charge in [-0.25, -0.2) is 4.98 Å². The zero-order valence-corrected chi connectivity index (χ0v) is 37.8. The van der Waals surface area contributed by atoms with Crippen molar-refractivity contribution >= 4 is 73.6 Å². The predicted molar refractivity (Wildman–Crippen MR) is 276 cm³/mol.